The van der Waals surface area contributed by atoms with Gasteiger partial charge in [-0.1, -0.05) is 31.7 Å². The number of thioether (sulfide) groups is 1. The van der Waals surface area contributed by atoms with Gasteiger partial charge in [0.05, 0.1) is 30.3 Å². The van der Waals surface area contributed by atoms with Gasteiger partial charge in [-0.2, -0.15) is 4.99 Å². The van der Waals surface area contributed by atoms with Crippen LogP contribution in [0.5, 0.6) is 5.75 Å². The third-order valence-corrected chi connectivity index (χ3v) is 7.57. The number of rotatable bonds is 3. The first kappa shape index (κ1) is 18.3. The van der Waals surface area contributed by atoms with Crippen LogP contribution in [-0.4, -0.2) is 49.4 Å². The molecule has 0 aromatic heterocycles. The Balaban J connectivity index is 2.10. The molecule has 1 amide bonds. The zero-order valence-electron chi connectivity index (χ0n) is 14.7. The number of methoxy groups -OCH3 is 1. The van der Waals surface area contributed by atoms with Gasteiger partial charge in [0.1, 0.15) is 5.75 Å². The summed E-state index contributed by atoms with van der Waals surface area (Å²) in [5.41, 5.74) is 1.79. The molecule has 2 heterocycles. The molecule has 0 unspecified atom stereocenters. The zero-order chi connectivity index (χ0) is 18.4. The highest BCUT2D eigenvalue weighted by molar-refractivity contribution is 8.16. The number of carbonyl (C=O) groups excluding carboxylic acids is 1. The summed E-state index contributed by atoms with van der Waals surface area (Å²) in [6.07, 6.45) is 0. The fraction of sp³-hybridized carbons (Fsp3) is 0.529. The van der Waals surface area contributed by atoms with Crippen molar-refractivity contribution in [1.29, 1.82) is 0 Å². The molecule has 8 heteroatoms. The lowest BCUT2D eigenvalue weighted by Gasteiger charge is -2.26. The number of aryl methyl sites for hydroxylation is 1. The molecule has 0 N–H and O–H groups in total. The summed E-state index contributed by atoms with van der Waals surface area (Å²) in [7, 11) is -1.51. The monoisotopic (exact) mass is 382 g/mol. The lowest BCUT2D eigenvalue weighted by atomic mass is 10.1. The lowest BCUT2D eigenvalue weighted by Crippen LogP contribution is -2.38. The Morgan fingerprint density at radius 2 is 2.08 bits per heavy atom. The van der Waals surface area contributed by atoms with Gasteiger partial charge in [0.2, 0.25) is 0 Å². The molecule has 1 aromatic carbocycles. The van der Waals surface area contributed by atoms with Gasteiger partial charge in [-0.3, -0.25) is 4.79 Å². The maximum absolute atomic E-state index is 12.2. The van der Waals surface area contributed by atoms with Crippen LogP contribution < -0.4 is 9.64 Å². The van der Waals surface area contributed by atoms with Crippen molar-refractivity contribution in [2.45, 2.75) is 32.1 Å². The summed E-state index contributed by atoms with van der Waals surface area (Å²) < 4.78 is 29.7. The Labute approximate surface area is 152 Å². The fourth-order valence-corrected chi connectivity index (χ4v) is 6.97. The normalized spacial score (nSPS) is 26.3. The van der Waals surface area contributed by atoms with Gasteiger partial charge >= 0.3 is 0 Å². The van der Waals surface area contributed by atoms with E-state index in [0.717, 1.165) is 11.3 Å². The van der Waals surface area contributed by atoms with E-state index in [1.807, 2.05) is 30.0 Å². The van der Waals surface area contributed by atoms with Crippen LogP contribution in [0.4, 0.5) is 5.69 Å². The van der Waals surface area contributed by atoms with E-state index in [9.17, 15) is 13.2 Å². The summed E-state index contributed by atoms with van der Waals surface area (Å²) in [6.45, 7) is 5.56. The van der Waals surface area contributed by atoms with E-state index in [4.69, 9.17) is 4.74 Å². The predicted octanol–water partition coefficient (Wildman–Crippen LogP) is 2.26. The maximum atomic E-state index is 12.2. The molecule has 0 aliphatic carbocycles. The molecule has 2 fully saturated rings. The molecule has 0 spiro atoms. The highest BCUT2D eigenvalue weighted by Crippen LogP contribution is 2.44. The second kappa shape index (κ2) is 6.64. The molecule has 2 saturated heterocycles. The van der Waals surface area contributed by atoms with Crippen LogP contribution in [0.15, 0.2) is 23.2 Å². The smallest absolute Gasteiger partial charge is 0.250 e. The van der Waals surface area contributed by atoms with Gasteiger partial charge in [0, 0.05) is 11.2 Å². The summed E-state index contributed by atoms with van der Waals surface area (Å²) in [6, 6.07) is 5.50. The Bertz CT molecular complexity index is 833. The molecule has 25 heavy (non-hydrogen) atoms. The van der Waals surface area contributed by atoms with Crippen LogP contribution >= 0.6 is 11.8 Å². The Morgan fingerprint density at radius 1 is 1.36 bits per heavy atom. The second-order valence-corrected chi connectivity index (χ2v) is 10.1. The van der Waals surface area contributed by atoms with Crippen molar-refractivity contribution >= 4 is 38.4 Å². The lowest BCUT2D eigenvalue weighted by molar-refractivity contribution is -0.120. The number of hydrogen-bond acceptors (Lipinski definition) is 5. The van der Waals surface area contributed by atoms with Crippen LogP contribution in [0, 0.1) is 12.8 Å². The SMILES string of the molecule is COc1ccc(C)cc1N1C(=NC(=O)C(C)C)S[C@@H]2CS(=O)(=O)C[C@@H]21. The Kier molecular flexibility index (Phi) is 4.85. The van der Waals surface area contributed by atoms with E-state index in [0.29, 0.717) is 10.9 Å². The quantitative estimate of drug-likeness (QED) is 0.798. The molecule has 3 rings (SSSR count). The fourth-order valence-electron chi connectivity index (χ4n) is 3.06. The topological polar surface area (TPSA) is 76.0 Å². The van der Waals surface area contributed by atoms with E-state index >= 15 is 0 Å². The number of carbonyl (C=O) groups is 1. The first-order valence-corrected chi connectivity index (χ1v) is 10.9. The van der Waals surface area contributed by atoms with E-state index in [-0.39, 0.29) is 34.6 Å². The van der Waals surface area contributed by atoms with Crippen molar-refractivity contribution in [3.8, 4) is 5.75 Å². The molecule has 0 saturated carbocycles. The number of amides is 1. The van der Waals surface area contributed by atoms with Crippen LogP contribution in [0.3, 0.4) is 0 Å². The number of benzene rings is 1. The Morgan fingerprint density at radius 3 is 2.72 bits per heavy atom. The van der Waals surface area contributed by atoms with Crippen LogP contribution in [0.2, 0.25) is 0 Å². The van der Waals surface area contributed by atoms with Gasteiger partial charge in [-0.15, -0.1) is 0 Å². The number of aliphatic imine (C=N–C) groups is 1. The van der Waals surface area contributed by atoms with E-state index in [1.165, 1.54) is 11.8 Å². The highest BCUT2D eigenvalue weighted by Gasteiger charge is 2.50. The molecule has 2 atom stereocenters. The van der Waals surface area contributed by atoms with E-state index < -0.39 is 9.84 Å². The van der Waals surface area contributed by atoms with Crippen LogP contribution in [0.1, 0.15) is 19.4 Å². The number of sulfone groups is 1. The van der Waals surface area contributed by atoms with Gasteiger partial charge in [0.25, 0.3) is 5.91 Å². The molecular weight excluding hydrogens is 360 g/mol. The van der Waals surface area contributed by atoms with Crippen molar-refractivity contribution in [1.82, 2.24) is 0 Å². The number of fused-ring (bicyclic) bond motifs is 1. The molecule has 1 aromatic rings. The van der Waals surface area contributed by atoms with Gasteiger partial charge in [-0.05, 0) is 24.6 Å². The average Bonchev–Trinajstić information content (AvgIpc) is 2.97. The van der Waals surface area contributed by atoms with Crippen molar-refractivity contribution < 1.29 is 17.9 Å². The molecular formula is C17H22N2O4S2. The minimum absolute atomic E-state index is 0.0661. The van der Waals surface area contributed by atoms with Gasteiger partial charge in [0.15, 0.2) is 15.0 Å². The third-order valence-electron chi connectivity index (χ3n) is 4.36. The van der Waals surface area contributed by atoms with Crippen molar-refractivity contribution in [2.75, 3.05) is 23.5 Å². The van der Waals surface area contributed by atoms with Crippen molar-refractivity contribution in [3.05, 3.63) is 23.8 Å². The number of hydrogen-bond donors (Lipinski definition) is 0. The minimum Gasteiger partial charge on any atom is -0.495 e. The minimum atomic E-state index is -3.09. The van der Waals surface area contributed by atoms with Gasteiger partial charge < -0.3 is 9.64 Å². The van der Waals surface area contributed by atoms with Crippen molar-refractivity contribution in [3.63, 3.8) is 0 Å². The summed E-state index contributed by atoms with van der Waals surface area (Å²) in [4.78, 5) is 18.3. The molecule has 0 bridgehead atoms. The van der Waals surface area contributed by atoms with Gasteiger partial charge in [-0.25, -0.2) is 8.42 Å². The largest absolute Gasteiger partial charge is 0.495 e. The second-order valence-electron chi connectivity index (χ2n) is 6.73. The molecule has 6 nitrogen and oxygen atoms in total. The first-order chi connectivity index (χ1) is 11.7. The Hall–Kier alpha value is -1.54. The summed E-state index contributed by atoms with van der Waals surface area (Å²) in [5.74, 6) is 0.403. The first-order valence-electron chi connectivity index (χ1n) is 8.15. The summed E-state index contributed by atoms with van der Waals surface area (Å²) >= 11 is 1.38. The highest BCUT2D eigenvalue weighted by atomic mass is 32.2. The average molecular weight is 383 g/mol. The van der Waals surface area contributed by atoms with E-state index in [1.54, 1.807) is 21.0 Å². The predicted molar refractivity (Wildman–Crippen MR) is 101 cm³/mol. The van der Waals surface area contributed by atoms with Crippen molar-refractivity contribution in [2.24, 2.45) is 10.9 Å². The summed E-state index contributed by atoms with van der Waals surface area (Å²) in [5, 5.41) is 0.446. The molecule has 136 valence electrons. The third kappa shape index (κ3) is 3.55. The number of nitrogens with zero attached hydrogens (tertiary/aromatic N) is 2. The van der Waals surface area contributed by atoms with Crippen LogP contribution in [0.25, 0.3) is 0 Å². The molecule has 2 aliphatic heterocycles. The molecule has 2 aliphatic rings. The zero-order valence-corrected chi connectivity index (χ0v) is 16.4. The maximum Gasteiger partial charge on any atom is 0.250 e. The van der Waals surface area contributed by atoms with Crippen LogP contribution in [-0.2, 0) is 14.6 Å². The van der Waals surface area contributed by atoms with E-state index in [2.05, 4.69) is 4.99 Å². The number of ether oxygens (including phenoxy) is 1. The standard InChI is InChI=1S/C17H22N2O4S2/c1-10(2)16(20)18-17-19(12-7-11(3)5-6-14(12)23-4)13-8-25(21,22)9-15(13)24-17/h5-7,10,13,15H,8-9H2,1-4H3/t13-,15+/m0/s1. The number of anilines is 1. The number of amidine groups is 1. The molecule has 0 radical (unpaired) electrons.